The Morgan fingerprint density at radius 3 is 2.32 bits per heavy atom. The number of fused-ring (bicyclic) bond motifs is 1. The zero-order valence-electron chi connectivity index (χ0n) is 14.7. The Labute approximate surface area is 160 Å². The Bertz CT molecular complexity index is 1130. The minimum Gasteiger partial charge on any atom is -0.481 e. The van der Waals surface area contributed by atoms with Crippen LogP contribution in [-0.4, -0.2) is 31.1 Å². The molecule has 2 aromatic rings. The van der Waals surface area contributed by atoms with E-state index in [0.29, 0.717) is 11.3 Å². The van der Waals surface area contributed by atoms with Crippen LogP contribution in [0.5, 0.6) is 0 Å². The van der Waals surface area contributed by atoms with Gasteiger partial charge in [0.15, 0.2) is 5.78 Å². The highest BCUT2D eigenvalue weighted by Crippen LogP contribution is 2.28. The predicted molar refractivity (Wildman–Crippen MR) is 101 cm³/mol. The number of ketones is 2. The Morgan fingerprint density at radius 2 is 1.75 bits per heavy atom. The minimum absolute atomic E-state index is 0.0249. The molecular weight excluding hydrogens is 384 g/mol. The highest BCUT2D eigenvalue weighted by Gasteiger charge is 2.31. The number of rotatable bonds is 5. The van der Waals surface area contributed by atoms with Crippen molar-refractivity contribution in [2.45, 2.75) is 17.7 Å². The zero-order chi connectivity index (χ0) is 20.6. The van der Waals surface area contributed by atoms with E-state index >= 15 is 0 Å². The van der Waals surface area contributed by atoms with Crippen molar-refractivity contribution in [1.29, 1.82) is 0 Å². The van der Waals surface area contributed by atoms with E-state index in [9.17, 15) is 22.8 Å². The van der Waals surface area contributed by atoms with E-state index in [1.54, 1.807) is 31.2 Å². The number of allylic oxidation sites excluding steroid dienone is 2. The van der Waals surface area contributed by atoms with Crippen molar-refractivity contribution >= 4 is 33.2 Å². The molecule has 0 fully saturated rings. The molecule has 0 saturated heterocycles. The first-order valence-corrected chi connectivity index (χ1v) is 9.70. The van der Waals surface area contributed by atoms with Gasteiger partial charge in [-0.15, -0.1) is 0 Å². The first-order valence-electron chi connectivity index (χ1n) is 8.16. The number of anilines is 1. The van der Waals surface area contributed by atoms with Gasteiger partial charge in [-0.2, -0.15) is 0 Å². The highest BCUT2D eigenvalue weighted by molar-refractivity contribution is 7.89. The first kappa shape index (κ1) is 19.5. The van der Waals surface area contributed by atoms with Crippen LogP contribution in [0.4, 0.5) is 5.69 Å². The van der Waals surface area contributed by atoms with E-state index in [1.165, 1.54) is 18.2 Å². The number of carbonyl (C=O) groups is 3. The van der Waals surface area contributed by atoms with Gasteiger partial charge in [0, 0.05) is 17.3 Å². The van der Waals surface area contributed by atoms with Crippen LogP contribution in [-0.2, 0) is 14.8 Å². The molecule has 1 aliphatic carbocycles. The third-order valence-electron chi connectivity index (χ3n) is 4.40. The van der Waals surface area contributed by atoms with Crippen LogP contribution in [0.1, 0.15) is 39.1 Å². The number of nitrogens with two attached hydrogens (primary N) is 1. The lowest BCUT2D eigenvalue weighted by Gasteiger charge is -2.18. The number of hydrogen-bond donors (Lipinski definition) is 3. The van der Waals surface area contributed by atoms with Crippen LogP contribution in [0.15, 0.2) is 59.1 Å². The molecule has 0 unspecified atom stereocenters. The van der Waals surface area contributed by atoms with Gasteiger partial charge in [-0.1, -0.05) is 24.3 Å². The summed E-state index contributed by atoms with van der Waals surface area (Å²) < 4.78 is 23.4. The summed E-state index contributed by atoms with van der Waals surface area (Å²) in [4.78, 5) is 35.8. The predicted octanol–water partition coefficient (Wildman–Crippen LogP) is 1.90. The van der Waals surface area contributed by atoms with E-state index < -0.39 is 38.4 Å². The minimum atomic E-state index is -4.17. The topological polar surface area (TPSA) is 144 Å². The maximum absolute atomic E-state index is 12.7. The third-order valence-corrected chi connectivity index (χ3v) is 5.36. The number of hydrogen-bond acceptors (Lipinski definition) is 6. The average molecular weight is 400 g/mol. The average Bonchev–Trinajstić information content (AvgIpc) is 2.64. The van der Waals surface area contributed by atoms with Gasteiger partial charge in [-0.05, 0) is 30.7 Å². The Kier molecular flexibility index (Phi) is 4.88. The molecule has 8 nitrogen and oxygen atoms in total. The van der Waals surface area contributed by atoms with Crippen LogP contribution in [0.25, 0.3) is 0 Å². The van der Waals surface area contributed by atoms with E-state index in [4.69, 9.17) is 10.2 Å². The molecule has 0 spiro atoms. The summed E-state index contributed by atoms with van der Waals surface area (Å²) in [5.74, 6) is -2.85. The number of carboxylic acids is 1. The van der Waals surface area contributed by atoms with Gasteiger partial charge in [0.25, 0.3) is 0 Å². The number of sulfonamides is 1. The molecule has 144 valence electrons. The Morgan fingerprint density at radius 1 is 1.11 bits per heavy atom. The van der Waals surface area contributed by atoms with Gasteiger partial charge in [0.2, 0.25) is 15.8 Å². The van der Waals surface area contributed by atoms with Crippen molar-refractivity contribution in [3.63, 3.8) is 0 Å². The summed E-state index contributed by atoms with van der Waals surface area (Å²) in [6, 6.07) is 10.3. The van der Waals surface area contributed by atoms with E-state index in [0.717, 1.165) is 6.08 Å². The molecule has 0 aromatic heterocycles. The fourth-order valence-corrected chi connectivity index (χ4v) is 3.63. The molecule has 0 amide bonds. The fraction of sp³-hybridized carbons (Fsp3) is 0.105. The maximum Gasteiger partial charge on any atom is 0.310 e. The monoisotopic (exact) mass is 400 g/mol. The van der Waals surface area contributed by atoms with Crippen LogP contribution in [0.3, 0.4) is 0 Å². The van der Waals surface area contributed by atoms with Gasteiger partial charge < -0.3 is 10.4 Å². The summed E-state index contributed by atoms with van der Waals surface area (Å²) in [6.45, 7) is 1.55. The van der Waals surface area contributed by atoms with Gasteiger partial charge in [0.05, 0.1) is 22.1 Å². The van der Waals surface area contributed by atoms with Gasteiger partial charge in [-0.25, -0.2) is 13.6 Å². The second-order valence-electron chi connectivity index (χ2n) is 6.28. The molecule has 0 bridgehead atoms. The second-order valence-corrected chi connectivity index (χ2v) is 7.81. The number of Topliss-reactive ketones (excluding diaryl/α,β-unsaturated/α-hetero) is 1. The molecule has 0 radical (unpaired) electrons. The third kappa shape index (κ3) is 3.57. The largest absolute Gasteiger partial charge is 0.481 e. The molecule has 28 heavy (non-hydrogen) atoms. The van der Waals surface area contributed by atoms with E-state index in [2.05, 4.69) is 5.32 Å². The van der Waals surface area contributed by atoms with E-state index in [-0.39, 0.29) is 16.8 Å². The van der Waals surface area contributed by atoms with Crippen molar-refractivity contribution in [3.05, 3.63) is 70.9 Å². The molecule has 4 N–H and O–H groups in total. The van der Waals surface area contributed by atoms with Crippen molar-refractivity contribution in [2.24, 2.45) is 5.14 Å². The van der Waals surface area contributed by atoms with Crippen LogP contribution >= 0.6 is 0 Å². The zero-order valence-corrected chi connectivity index (χ0v) is 15.5. The van der Waals surface area contributed by atoms with Crippen LogP contribution < -0.4 is 10.5 Å². The number of nitrogens with one attached hydrogen (secondary N) is 1. The van der Waals surface area contributed by atoms with Crippen molar-refractivity contribution in [2.75, 3.05) is 5.32 Å². The first-order chi connectivity index (χ1) is 13.1. The second kappa shape index (κ2) is 7.02. The van der Waals surface area contributed by atoms with Gasteiger partial charge >= 0.3 is 5.97 Å². The molecule has 0 aliphatic heterocycles. The van der Waals surface area contributed by atoms with Crippen molar-refractivity contribution < 1.29 is 27.9 Å². The molecule has 2 aromatic carbocycles. The lowest BCUT2D eigenvalue weighted by molar-refractivity contribution is -0.138. The SMILES string of the molecule is C[C@H](C(=O)O)c1ccc(NC2=CC(=O)c3c(cccc3S(N)(=O)=O)C2=O)cc1. The standard InChI is InChI=1S/C19H16N2O6S/c1-10(19(24)25)11-5-7-12(8-6-11)21-14-9-15(22)17-13(18(14)23)3-2-4-16(17)28(20,26)27/h2-10,21H,1H3,(H,24,25)(H2,20,26,27)/t10-/m0/s1. The van der Waals surface area contributed by atoms with Gasteiger partial charge in [0.1, 0.15) is 0 Å². The lowest BCUT2D eigenvalue weighted by atomic mass is 9.92. The summed E-state index contributed by atoms with van der Waals surface area (Å²) in [5, 5.41) is 17.0. The summed E-state index contributed by atoms with van der Waals surface area (Å²) >= 11 is 0. The van der Waals surface area contributed by atoms with E-state index in [1.807, 2.05) is 0 Å². The van der Waals surface area contributed by atoms with Crippen LogP contribution in [0, 0.1) is 0 Å². The molecule has 9 heteroatoms. The number of primary sulfonamides is 1. The quantitative estimate of drug-likeness (QED) is 0.695. The highest BCUT2D eigenvalue weighted by atomic mass is 32.2. The number of aliphatic carboxylic acids is 1. The summed E-state index contributed by atoms with van der Waals surface area (Å²) in [6.07, 6.45) is 1.02. The smallest absolute Gasteiger partial charge is 0.310 e. The normalized spacial score (nSPS) is 14.9. The Balaban J connectivity index is 1.93. The number of carbonyl (C=O) groups excluding carboxylic acids is 2. The number of carboxylic acid groups (broad SMARTS) is 1. The molecule has 0 heterocycles. The van der Waals surface area contributed by atoms with Gasteiger partial charge in [-0.3, -0.25) is 14.4 Å². The van der Waals surface area contributed by atoms with Crippen molar-refractivity contribution in [3.8, 4) is 0 Å². The van der Waals surface area contributed by atoms with Crippen LogP contribution in [0.2, 0.25) is 0 Å². The molecule has 1 aliphatic rings. The molecule has 3 rings (SSSR count). The Hall–Kier alpha value is -3.30. The fourth-order valence-electron chi connectivity index (χ4n) is 2.87. The molecule has 0 saturated carbocycles. The molecule has 1 atom stereocenters. The summed E-state index contributed by atoms with van der Waals surface area (Å²) in [7, 11) is -4.17. The maximum atomic E-state index is 12.7. The lowest BCUT2D eigenvalue weighted by Crippen LogP contribution is -2.25. The van der Waals surface area contributed by atoms with Crippen molar-refractivity contribution in [1.82, 2.24) is 0 Å². The summed E-state index contributed by atoms with van der Waals surface area (Å²) in [5.41, 5.74) is 0.730. The molecular formula is C19H16N2O6S. The number of benzene rings is 2.